The summed E-state index contributed by atoms with van der Waals surface area (Å²) in [5.41, 5.74) is 5.47. The summed E-state index contributed by atoms with van der Waals surface area (Å²) >= 11 is 0. The molecular weight excluding hydrogens is 185 g/mol. The van der Waals surface area contributed by atoms with Gasteiger partial charge in [-0.05, 0) is 12.8 Å². The van der Waals surface area contributed by atoms with Crippen molar-refractivity contribution in [2.75, 3.05) is 13.1 Å². The molecule has 13 heavy (non-hydrogen) atoms. The number of alkyl halides is 2. The van der Waals surface area contributed by atoms with Gasteiger partial charge >= 0.3 is 12.1 Å². The number of nitrogens with two attached hydrogens (primary N) is 1. The van der Waals surface area contributed by atoms with Crippen LogP contribution in [0.4, 0.5) is 13.2 Å². The average Bonchev–Trinajstić information content (AvgIpc) is 2.04. The maximum atomic E-state index is 12.7. The quantitative estimate of drug-likeness (QED) is 0.516. The Morgan fingerprint density at radius 2 is 1.85 bits per heavy atom. The minimum Gasteiger partial charge on any atom is -0.328 e. The van der Waals surface area contributed by atoms with Gasteiger partial charge in [-0.2, -0.15) is 13.2 Å². The number of likely N-dealkylation sites (tertiary alicyclic amines) is 1. The zero-order valence-corrected chi connectivity index (χ0v) is 6.97. The molecule has 0 aromatic rings. The molecule has 6 heteroatoms. The second-order valence-corrected chi connectivity index (χ2v) is 3.14. The second-order valence-electron chi connectivity index (χ2n) is 3.14. The first-order valence-corrected chi connectivity index (χ1v) is 4.03. The van der Waals surface area contributed by atoms with Gasteiger partial charge in [-0.25, -0.2) is 4.90 Å². The van der Waals surface area contributed by atoms with Crippen LogP contribution in [0.1, 0.15) is 12.8 Å². The molecule has 1 heterocycles. The van der Waals surface area contributed by atoms with Crippen LogP contribution in [0, 0.1) is 0 Å². The van der Waals surface area contributed by atoms with Crippen LogP contribution in [0.15, 0.2) is 0 Å². The monoisotopic (exact) mass is 196 g/mol. The normalized spacial score (nSPS) is 21.8. The summed E-state index contributed by atoms with van der Waals surface area (Å²) in [4.78, 5) is 10.5. The molecule has 1 fully saturated rings. The summed E-state index contributed by atoms with van der Waals surface area (Å²) in [5.74, 6) is 0. The van der Waals surface area contributed by atoms with E-state index in [1.165, 1.54) is 0 Å². The van der Waals surface area contributed by atoms with Crippen molar-refractivity contribution in [2.45, 2.75) is 24.9 Å². The van der Waals surface area contributed by atoms with Crippen LogP contribution in [0.5, 0.6) is 0 Å². The molecule has 1 saturated heterocycles. The first-order valence-electron chi connectivity index (χ1n) is 4.03. The van der Waals surface area contributed by atoms with E-state index in [2.05, 4.69) is 0 Å². The molecule has 2 N–H and O–H groups in total. The van der Waals surface area contributed by atoms with Crippen LogP contribution in [0.3, 0.4) is 0 Å². The second kappa shape index (κ2) is 3.63. The minimum absolute atomic E-state index is 0.0379. The summed E-state index contributed by atoms with van der Waals surface area (Å²) in [6, 6.07) is -6.69. The molecule has 1 aliphatic heterocycles. The number of piperidine rings is 1. The van der Waals surface area contributed by atoms with Gasteiger partial charge in [0.1, 0.15) is 0 Å². The van der Waals surface area contributed by atoms with Crippen molar-refractivity contribution >= 4 is 6.04 Å². The number of hydrogen-bond donors (Lipinski definition) is 1. The van der Waals surface area contributed by atoms with Crippen LogP contribution in [-0.2, 0) is 4.79 Å². The molecule has 76 valence electrons. The molecule has 0 aromatic heterocycles. The predicted octanol–water partition coefficient (Wildman–Crippen LogP) is 0.498. The van der Waals surface area contributed by atoms with E-state index in [1.54, 1.807) is 0 Å². The molecule has 0 unspecified atom stereocenters. The van der Waals surface area contributed by atoms with Crippen molar-refractivity contribution in [3.63, 3.8) is 0 Å². The van der Waals surface area contributed by atoms with Crippen molar-refractivity contribution in [3.8, 4) is 0 Å². The summed E-state index contributed by atoms with van der Waals surface area (Å²) in [6.07, 6.45) is 0.728. The molecule has 0 saturated carbocycles. The zero-order chi connectivity index (χ0) is 10.1. The van der Waals surface area contributed by atoms with Gasteiger partial charge in [0, 0.05) is 19.1 Å². The summed E-state index contributed by atoms with van der Waals surface area (Å²) in [6.45, 7) is -0.0757. The highest BCUT2D eigenvalue weighted by molar-refractivity contribution is 5.75. The van der Waals surface area contributed by atoms with Crippen molar-refractivity contribution in [2.24, 2.45) is 5.73 Å². The zero-order valence-electron chi connectivity index (χ0n) is 6.97. The standard InChI is InChI=1S/C7H11F3N2O/c8-6(13)7(9,10)12-3-1-5(11)2-4-12/h5H,1-4,11H2. The third-order valence-corrected chi connectivity index (χ3v) is 2.17. The number of nitrogens with zero attached hydrogens (tertiary/aromatic N) is 1. The smallest absolute Gasteiger partial charge is 0.328 e. The van der Waals surface area contributed by atoms with Crippen molar-refractivity contribution in [3.05, 3.63) is 0 Å². The third-order valence-electron chi connectivity index (χ3n) is 2.17. The Balaban J connectivity index is 2.58. The molecule has 0 aliphatic carbocycles. The molecule has 0 radical (unpaired) electrons. The summed E-state index contributed by atoms with van der Waals surface area (Å²) in [5, 5.41) is 0. The van der Waals surface area contributed by atoms with Gasteiger partial charge < -0.3 is 5.73 Å². The Morgan fingerprint density at radius 3 is 2.23 bits per heavy atom. The van der Waals surface area contributed by atoms with Crippen molar-refractivity contribution in [1.29, 1.82) is 0 Å². The summed E-state index contributed by atoms with van der Waals surface area (Å²) < 4.78 is 37.3. The van der Waals surface area contributed by atoms with E-state index >= 15 is 0 Å². The Labute approximate surface area is 73.7 Å². The fourth-order valence-corrected chi connectivity index (χ4v) is 1.30. The lowest BCUT2D eigenvalue weighted by molar-refractivity contribution is -0.191. The molecule has 1 rings (SSSR count). The lowest BCUT2D eigenvalue weighted by atomic mass is 10.1. The van der Waals surface area contributed by atoms with Crippen LogP contribution >= 0.6 is 0 Å². The highest BCUT2D eigenvalue weighted by Crippen LogP contribution is 2.25. The topological polar surface area (TPSA) is 46.3 Å². The lowest BCUT2D eigenvalue weighted by Gasteiger charge is -2.33. The maximum Gasteiger partial charge on any atom is 0.395 e. The van der Waals surface area contributed by atoms with Gasteiger partial charge in [0.2, 0.25) is 0 Å². The molecule has 0 spiro atoms. The SMILES string of the molecule is NC1CCN(C(F)(F)C(=O)F)CC1. The fraction of sp³-hybridized carbons (Fsp3) is 0.857. The predicted molar refractivity (Wildman–Crippen MR) is 39.8 cm³/mol. The Morgan fingerprint density at radius 1 is 1.38 bits per heavy atom. The minimum atomic E-state index is -3.97. The highest BCUT2D eigenvalue weighted by atomic mass is 19.3. The van der Waals surface area contributed by atoms with Crippen molar-refractivity contribution < 1.29 is 18.0 Å². The number of carbonyl (C=O) groups is 1. The number of hydrogen-bond acceptors (Lipinski definition) is 3. The van der Waals surface area contributed by atoms with Gasteiger partial charge in [-0.15, -0.1) is 0 Å². The van der Waals surface area contributed by atoms with Crippen LogP contribution in [0.2, 0.25) is 0 Å². The first kappa shape index (κ1) is 10.5. The molecule has 3 nitrogen and oxygen atoms in total. The van der Waals surface area contributed by atoms with E-state index in [9.17, 15) is 18.0 Å². The number of carbonyl (C=O) groups excluding carboxylic acids is 1. The van der Waals surface area contributed by atoms with Gasteiger partial charge in [-0.1, -0.05) is 0 Å². The lowest BCUT2D eigenvalue weighted by Crippen LogP contribution is -2.52. The van der Waals surface area contributed by atoms with E-state index in [0.717, 1.165) is 0 Å². The highest BCUT2D eigenvalue weighted by Gasteiger charge is 2.46. The average molecular weight is 196 g/mol. The van der Waals surface area contributed by atoms with E-state index < -0.39 is 12.1 Å². The fourth-order valence-electron chi connectivity index (χ4n) is 1.30. The van der Waals surface area contributed by atoms with Crippen LogP contribution in [-0.4, -0.2) is 36.1 Å². The molecular formula is C7H11F3N2O. The Bertz CT molecular complexity index is 202. The molecule has 1 aliphatic rings. The van der Waals surface area contributed by atoms with Gasteiger partial charge in [0.15, 0.2) is 0 Å². The van der Waals surface area contributed by atoms with Gasteiger partial charge in [-0.3, -0.25) is 4.79 Å². The van der Waals surface area contributed by atoms with Crippen LogP contribution in [0.25, 0.3) is 0 Å². The third kappa shape index (κ3) is 2.19. The first-order chi connectivity index (χ1) is 5.94. The van der Waals surface area contributed by atoms with Crippen LogP contribution < -0.4 is 5.73 Å². The number of halogens is 3. The maximum absolute atomic E-state index is 12.7. The summed E-state index contributed by atoms with van der Waals surface area (Å²) in [7, 11) is 0. The number of rotatable bonds is 2. The van der Waals surface area contributed by atoms with E-state index in [1.807, 2.05) is 0 Å². The van der Waals surface area contributed by atoms with Crippen molar-refractivity contribution in [1.82, 2.24) is 4.90 Å². The van der Waals surface area contributed by atoms with E-state index in [-0.39, 0.29) is 19.1 Å². The molecule has 0 amide bonds. The Hall–Kier alpha value is -0.620. The molecule has 0 bridgehead atoms. The molecule has 0 atom stereocenters. The van der Waals surface area contributed by atoms with Gasteiger partial charge in [0.05, 0.1) is 0 Å². The molecule has 0 aromatic carbocycles. The largest absolute Gasteiger partial charge is 0.395 e. The Kier molecular flexibility index (Phi) is 2.92. The van der Waals surface area contributed by atoms with Gasteiger partial charge in [0.25, 0.3) is 0 Å². The van der Waals surface area contributed by atoms with E-state index in [0.29, 0.717) is 17.7 Å². The van der Waals surface area contributed by atoms with E-state index in [4.69, 9.17) is 5.73 Å².